The number of rotatable bonds is 3. The SMILES string of the molecule is Cn1cc([N+](=O)[O-])c(NC2CCCC2(C)C)n1. The van der Waals surface area contributed by atoms with Crippen molar-refractivity contribution in [2.45, 2.75) is 39.2 Å². The van der Waals surface area contributed by atoms with Crippen LogP contribution in [0.15, 0.2) is 6.20 Å². The summed E-state index contributed by atoms with van der Waals surface area (Å²) in [5.74, 6) is 0.387. The molecule has 0 amide bonds. The van der Waals surface area contributed by atoms with Crippen LogP contribution in [0.2, 0.25) is 0 Å². The second-order valence-electron chi connectivity index (χ2n) is 5.37. The monoisotopic (exact) mass is 238 g/mol. The molecule has 1 aliphatic carbocycles. The number of hydrogen-bond acceptors (Lipinski definition) is 4. The molecule has 1 saturated carbocycles. The summed E-state index contributed by atoms with van der Waals surface area (Å²) in [6, 6.07) is 0.260. The van der Waals surface area contributed by atoms with Crippen LogP contribution in [0.25, 0.3) is 0 Å². The van der Waals surface area contributed by atoms with Crippen LogP contribution < -0.4 is 5.32 Å². The lowest BCUT2D eigenvalue weighted by Gasteiger charge is -2.27. The molecule has 1 atom stereocenters. The molecule has 1 heterocycles. The Kier molecular flexibility index (Phi) is 2.81. The van der Waals surface area contributed by atoms with Gasteiger partial charge < -0.3 is 5.32 Å². The fourth-order valence-corrected chi connectivity index (χ4v) is 2.47. The summed E-state index contributed by atoms with van der Waals surface area (Å²) in [7, 11) is 1.69. The van der Waals surface area contributed by atoms with Crippen molar-refractivity contribution in [2.75, 3.05) is 5.32 Å². The van der Waals surface area contributed by atoms with Crippen LogP contribution in [0.4, 0.5) is 11.5 Å². The Morgan fingerprint density at radius 3 is 2.88 bits per heavy atom. The molecule has 0 bridgehead atoms. The van der Waals surface area contributed by atoms with E-state index in [-0.39, 0.29) is 17.1 Å². The highest BCUT2D eigenvalue weighted by Crippen LogP contribution is 2.39. The maximum absolute atomic E-state index is 10.9. The Hall–Kier alpha value is -1.59. The van der Waals surface area contributed by atoms with Crippen molar-refractivity contribution in [3.8, 4) is 0 Å². The number of nitrogens with zero attached hydrogens (tertiary/aromatic N) is 3. The van der Waals surface area contributed by atoms with E-state index in [1.165, 1.54) is 10.9 Å². The predicted molar refractivity (Wildman–Crippen MR) is 64.9 cm³/mol. The Balaban J connectivity index is 2.21. The van der Waals surface area contributed by atoms with Crippen LogP contribution in [0.1, 0.15) is 33.1 Å². The average Bonchev–Trinajstić information content (AvgIpc) is 2.72. The van der Waals surface area contributed by atoms with Gasteiger partial charge >= 0.3 is 5.69 Å². The molecule has 0 radical (unpaired) electrons. The van der Waals surface area contributed by atoms with Crippen molar-refractivity contribution < 1.29 is 4.92 Å². The summed E-state index contributed by atoms with van der Waals surface area (Å²) < 4.78 is 1.47. The summed E-state index contributed by atoms with van der Waals surface area (Å²) in [5.41, 5.74) is 0.223. The number of nitro groups is 1. The summed E-state index contributed by atoms with van der Waals surface area (Å²) >= 11 is 0. The summed E-state index contributed by atoms with van der Waals surface area (Å²) in [4.78, 5) is 10.5. The standard InChI is InChI=1S/C11H18N4O2/c1-11(2)6-4-5-9(11)12-10-8(15(16)17)7-14(3)13-10/h7,9H,4-6H2,1-3H3,(H,12,13). The lowest BCUT2D eigenvalue weighted by atomic mass is 9.87. The lowest BCUT2D eigenvalue weighted by Crippen LogP contribution is -2.31. The second kappa shape index (κ2) is 4.01. The molecule has 6 nitrogen and oxygen atoms in total. The zero-order valence-electron chi connectivity index (χ0n) is 10.4. The third-order valence-corrected chi connectivity index (χ3v) is 3.57. The molecule has 2 rings (SSSR count). The molecule has 1 aromatic rings. The highest BCUT2D eigenvalue weighted by Gasteiger charge is 2.36. The van der Waals surface area contributed by atoms with Crippen molar-refractivity contribution in [3.63, 3.8) is 0 Å². The van der Waals surface area contributed by atoms with E-state index >= 15 is 0 Å². The van der Waals surface area contributed by atoms with Gasteiger partial charge in [-0.2, -0.15) is 0 Å². The Bertz CT molecular complexity index is 439. The van der Waals surface area contributed by atoms with Crippen molar-refractivity contribution >= 4 is 11.5 Å². The maximum atomic E-state index is 10.9. The first kappa shape index (κ1) is 11.9. The van der Waals surface area contributed by atoms with E-state index in [4.69, 9.17) is 0 Å². The van der Waals surface area contributed by atoms with Gasteiger partial charge in [0.1, 0.15) is 6.20 Å². The molecule has 0 spiro atoms. The van der Waals surface area contributed by atoms with Crippen molar-refractivity contribution in [1.29, 1.82) is 0 Å². The first-order valence-electron chi connectivity index (χ1n) is 5.85. The molecule has 1 N–H and O–H groups in total. The molecule has 0 aliphatic heterocycles. The molecule has 1 unspecified atom stereocenters. The largest absolute Gasteiger partial charge is 0.360 e. The van der Waals surface area contributed by atoms with Crippen LogP contribution in [0.5, 0.6) is 0 Å². The zero-order chi connectivity index (χ0) is 12.6. The molecule has 17 heavy (non-hydrogen) atoms. The van der Waals surface area contributed by atoms with E-state index in [1.807, 2.05) is 0 Å². The minimum Gasteiger partial charge on any atom is -0.360 e. The number of anilines is 1. The molecule has 0 saturated heterocycles. The normalized spacial score (nSPS) is 22.6. The second-order valence-corrected chi connectivity index (χ2v) is 5.37. The Labute approximate surface area is 100 Å². The number of hydrogen-bond donors (Lipinski definition) is 1. The molecule has 1 fully saturated rings. The fourth-order valence-electron chi connectivity index (χ4n) is 2.47. The molecule has 6 heteroatoms. The van der Waals surface area contributed by atoms with Gasteiger partial charge in [-0.05, 0) is 18.3 Å². The van der Waals surface area contributed by atoms with Crippen molar-refractivity contribution in [2.24, 2.45) is 12.5 Å². The van der Waals surface area contributed by atoms with E-state index < -0.39 is 4.92 Å². The maximum Gasteiger partial charge on any atom is 0.330 e. The van der Waals surface area contributed by atoms with Gasteiger partial charge in [0.15, 0.2) is 0 Å². The summed E-state index contributed by atoms with van der Waals surface area (Å²) in [6.45, 7) is 4.37. The van der Waals surface area contributed by atoms with E-state index in [1.54, 1.807) is 7.05 Å². The highest BCUT2D eigenvalue weighted by atomic mass is 16.6. The first-order chi connectivity index (χ1) is 7.90. The van der Waals surface area contributed by atoms with Gasteiger partial charge in [0, 0.05) is 13.1 Å². The van der Waals surface area contributed by atoms with E-state index in [9.17, 15) is 10.1 Å². The molecule has 0 aromatic carbocycles. The predicted octanol–water partition coefficient (Wildman–Crippen LogP) is 2.32. The van der Waals surface area contributed by atoms with Gasteiger partial charge in [-0.1, -0.05) is 20.3 Å². The van der Waals surface area contributed by atoms with Crippen LogP contribution in [-0.4, -0.2) is 20.7 Å². The van der Waals surface area contributed by atoms with Gasteiger partial charge in [-0.3, -0.25) is 14.8 Å². The van der Waals surface area contributed by atoms with Crippen LogP contribution >= 0.6 is 0 Å². The van der Waals surface area contributed by atoms with E-state index in [0.717, 1.165) is 19.3 Å². The third-order valence-electron chi connectivity index (χ3n) is 3.57. The number of nitrogens with one attached hydrogen (secondary N) is 1. The Morgan fingerprint density at radius 1 is 1.65 bits per heavy atom. The van der Waals surface area contributed by atoms with Gasteiger partial charge in [0.05, 0.1) is 4.92 Å². The quantitative estimate of drug-likeness (QED) is 0.647. The van der Waals surface area contributed by atoms with Gasteiger partial charge in [-0.25, -0.2) is 0 Å². The van der Waals surface area contributed by atoms with Crippen LogP contribution in [0.3, 0.4) is 0 Å². The van der Waals surface area contributed by atoms with E-state index in [2.05, 4.69) is 24.3 Å². The molecule has 1 aromatic heterocycles. The average molecular weight is 238 g/mol. The topological polar surface area (TPSA) is 73.0 Å². The highest BCUT2D eigenvalue weighted by molar-refractivity contribution is 5.55. The lowest BCUT2D eigenvalue weighted by molar-refractivity contribution is -0.384. The van der Waals surface area contributed by atoms with Crippen LogP contribution in [0, 0.1) is 15.5 Å². The minimum atomic E-state index is -0.392. The third kappa shape index (κ3) is 2.25. The molecule has 94 valence electrons. The fraction of sp³-hybridized carbons (Fsp3) is 0.727. The number of aromatic nitrogens is 2. The van der Waals surface area contributed by atoms with Crippen LogP contribution in [-0.2, 0) is 7.05 Å². The smallest absolute Gasteiger partial charge is 0.330 e. The summed E-state index contributed by atoms with van der Waals surface area (Å²) in [5, 5.41) is 18.2. The number of aryl methyl sites for hydroxylation is 1. The van der Waals surface area contributed by atoms with Gasteiger partial charge in [0.2, 0.25) is 5.82 Å². The minimum absolute atomic E-state index is 0.0511. The molecular formula is C11H18N4O2. The molecular weight excluding hydrogens is 220 g/mol. The first-order valence-corrected chi connectivity index (χ1v) is 5.85. The van der Waals surface area contributed by atoms with E-state index in [0.29, 0.717) is 5.82 Å². The van der Waals surface area contributed by atoms with Crippen molar-refractivity contribution in [1.82, 2.24) is 9.78 Å². The zero-order valence-corrected chi connectivity index (χ0v) is 10.4. The van der Waals surface area contributed by atoms with Crippen molar-refractivity contribution in [3.05, 3.63) is 16.3 Å². The van der Waals surface area contributed by atoms with Gasteiger partial charge in [-0.15, -0.1) is 5.10 Å². The van der Waals surface area contributed by atoms with Gasteiger partial charge in [0.25, 0.3) is 0 Å². The Morgan fingerprint density at radius 2 is 2.35 bits per heavy atom. The summed E-state index contributed by atoms with van der Waals surface area (Å²) in [6.07, 6.45) is 4.78. The molecule has 1 aliphatic rings.